The Bertz CT molecular complexity index is 379. The fourth-order valence-corrected chi connectivity index (χ4v) is 2.85. The molecule has 0 aromatic heterocycles. The molecule has 0 saturated carbocycles. The summed E-state index contributed by atoms with van der Waals surface area (Å²) in [7, 11) is 0. The van der Waals surface area contributed by atoms with Gasteiger partial charge in [0, 0.05) is 5.38 Å². The lowest BCUT2D eigenvalue weighted by atomic mass is 9.82. The summed E-state index contributed by atoms with van der Waals surface area (Å²) in [6, 6.07) is 4.60. The topological polar surface area (TPSA) is 0 Å². The summed E-state index contributed by atoms with van der Waals surface area (Å²) in [5.74, 6) is 1.21. The van der Waals surface area contributed by atoms with Gasteiger partial charge in [-0.1, -0.05) is 31.5 Å². The van der Waals surface area contributed by atoms with Crippen LogP contribution in [0.4, 0.5) is 0 Å². The minimum atomic E-state index is 0.263. The molecule has 1 heteroatoms. The van der Waals surface area contributed by atoms with Crippen molar-refractivity contribution in [3.63, 3.8) is 0 Å². The Morgan fingerprint density at radius 3 is 2.18 bits per heavy atom. The first-order chi connectivity index (χ1) is 7.82. The fourth-order valence-electron chi connectivity index (χ4n) is 2.57. The van der Waals surface area contributed by atoms with Crippen LogP contribution in [-0.4, -0.2) is 5.38 Å². The monoisotopic (exact) mass is 252 g/mol. The van der Waals surface area contributed by atoms with Crippen molar-refractivity contribution in [2.45, 2.75) is 59.3 Å². The maximum atomic E-state index is 6.11. The van der Waals surface area contributed by atoms with E-state index >= 15 is 0 Å². The summed E-state index contributed by atoms with van der Waals surface area (Å²) in [4.78, 5) is 0. The Kier molecular flexibility index (Phi) is 5.06. The average Bonchev–Trinajstić information content (AvgIpc) is 2.21. The normalized spacial score (nSPS) is 16.6. The van der Waals surface area contributed by atoms with Gasteiger partial charge >= 0.3 is 0 Å². The van der Waals surface area contributed by atoms with Gasteiger partial charge in [0.15, 0.2) is 0 Å². The smallest absolute Gasteiger partial charge is 0.0310 e. The molecular formula is C16H25Cl. The van der Waals surface area contributed by atoms with Crippen molar-refractivity contribution < 1.29 is 0 Å². The lowest BCUT2D eigenvalue weighted by molar-refractivity contribution is 0.449. The lowest BCUT2D eigenvalue weighted by Gasteiger charge is -2.24. The highest BCUT2D eigenvalue weighted by Crippen LogP contribution is 2.32. The molecule has 0 heterocycles. The van der Waals surface area contributed by atoms with Crippen molar-refractivity contribution in [1.29, 1.82) is 0 Å². The second kappa shape index (κ2) is 5.91. The third-order valence-electron chi connectivity index (χ3n) is 3.89. The van der Waals surface area contributed by atoms with Crippen molar-refractivity contribution >= 4 is 11.6 Å². The Labute approximate surface area is 111 Å². The van der Waals surface area contributed by atoms with E-state index in [1.54, 1.807) is 0 Å². The zero-order chi connectivity index (χ0) is 13.2. The van der Waals surface area contributed by atoms with Gasteiger partial charge in [0.05, 0.1) is 0 Å². The Morgan fingerprint density at radius 1 is 1.06 bits per heavy atom. The van der Waals surface area contributed by atoms with Gasteiger partial charge in [-0.3, -0.25) is 0 Å². The summed E-state index contributed by atoms with van der Waals surface area (Å²) >= 11 is 6.11. The molecule has 1 aromatic carbocycles. The van der Waals surface area contributed by atoms with Crippen LogP contribution in [0.3, 0.4) is 0 Å². The molecule has 3 atom stereocenters. The predicted molar refractivity (Wildman–Crippen MR) is 78.2 cm³/mol. The van der Waals surface area contributed by atoms with E-state index in [9.17, 15) is 0 Å². The van der Waals surface area contributed by atoms with E-state index in [0.717, 1.165) is 6.42 Å². The molecule has 1 aromatic rings. The molecule has 0 nitrogen and oxygen atoms in total. The summed E-state index contributed by atoms with van der Waals surface area (Å²) in [6.07, 6.45) is 1.08. The molecule has 17 heavy (non-hydrogen) atoms. The molecule has 0 aliphatic heterocycles. The molecule has 96 valence electrons. The Morgan fingerprint density at radius 2 is 1.65 bits per heavy atom. The quantitative estimate of drug-likeness (QED) is 0.632. The highest BCUT2D eigenvalue weighted by molar-refractivity contribution is 6.20. The lowest BCUT2D eigenvalue weighted by Crippen LogP contribution is -2.12. The van der Waals surface area contributed by atoms with Gasteiger partial charge in [-0.25, -0.2) is 0 Å². The summed E-state index contributed by atoms with van der Waals surface area (Å²) in [5, 5.41) is 0.263. The van der Waals surface area contributed by atoms with Crippen LogP contribution < -0.4 is 0 Å². The molecule has 0 N–H and O–H groups in total. The minimum Gasteiger partial charge on any atom is -0.123 e. The molecule has 0 bridgehead atoms. The zero-order valence-corrected chi connectivity index (χ0v) is 12.7. The van der Waals surface area contributed by atoms with Crippen LogP contribution >= 0.6 is 11.6 Å². The van der Waals surface area contributed by atoms with Crippen LogP contribution in [0.25, 0.3) is 0 Å². The first kappa shape index (κ1) is 14.6. The van der Waals surface area contributed by atoms with Gasteiger partial charge in [-0.05, 0) is 62.6 Å². The molecule has 0 spiro atoms. The minimum absolute atomic E-state index is 0.263. The van der Waals surface area contributed by atoms with Gasteiger partial charge in [-0.15, -0.1) is 11.6 Å². The maximum Gasteiger partial charge on any atom is 0.0310 e. The van der Waals surface area contributed by atoms with Crippen molar-refractivity contribution in [2.75, 3.05) is 0 Å². The van der Waals surface area contributed by atoms with Gasteiger partial charge in [0.1, 0.15) is 0 Å². The van der Waals surface area contributed by atoms with Crippen LogP contribution in [0.2, 0.25) is 0 Å². The van der Waals surface area contributed by atoms with Crippen LogP contribution in [-0.2, 0) is 0 Å². The Balaban J connectivity index is 2.99. The molecule has 0 fully saturated rings. The summed E-state index contributed by atoms with van der Waals surface area (Å²) in [5.41, 5.74) is 5.70. The van der Waals surface area contributed by atoms with E-state index in [4.69, 9.17) is 11.6 Å². The van der Waals surface area contributed by atoms with Gasteiger partial charge in [-0.2, -0.15) is 0 Å². The highest BCUT2D eigenvalue weighted by Gasteiger charge is 2.18. The van der Waals surface area contributed by atoms with E-state index in [0.29, 0.717) is 11.8 Å². The standard InChI is InChI=1S/C16H25Cl/c1-10-7-11(2)14(5)16(8-10)15(6)12(3)9-13(4)17/h7-8,12-13,15H,9H2,1-6H3. The molecule has 0 radical (unpaired) electrons. The van der Waals surface area contributed by atoms with Crippen molar-refractivity contribution in [3.8, 4) is 0 Å². The molecule has 0 amide bonds. The first-order valence-corrected chi connectivity index (χ1v) is 6.98. The second-order valence-electron chi connectivity index (χ2n) is 5.58. The number of halogens is 1. The van der Waals surface area contributed by atoms with E-state index in [1.807, 2.05) is 0 Å². The Hall–Kier alpha value is -0.490. The fraction of sp³-hybridized carbons (Fsp3) is 0.625. The van der Waals surface area contributed by atoms with Crippen LogP contribution in [0, 0.1) is 26.7 Å². The first-order valence-electron chi connectivity index (χ1n) is 6.54. The van der Waals surface area contributed by atoms with Crippen molar-refractivity contribution in [1.82, 2.24) is 0 Å². The molecule has 0 aliphatic rings. The highest BCUT2D eigenvalue weighted by atomic mass is 35.5. The molecule has 1 rings (SSSR count). The number of rotatable bonds is 4. The summed E-state index contributed by atoms with van der Waals surface area (Å²) in [6.45, 7) is 13.3. The van der Waals surface area contributed by atoms with Crippen LogP contribution in [0.15, 0.2) is 12.1 Å². The number of hydrogen-bond donors (Lipinski definition) is 0. The van der Waals surface area contributed by atoms with Crippen LogP contribution in [0.1, 0.15) is 55.4 Å². The van der Waals surface area contributed by atoms with E-state index < -0.39 is 0 Å². The third-order valence-corrected chi connectivity index (χ3v) is 4.07. The van der Waals surface area contributed by atoms with E-state index in [2.05, 4.69) is 53.7 Å². The molecular weight excluding hydrogens is 228 g/mol. The molecule has 0 aliphatic carbocycles. The maximum absolute atomic E-state index is 6.11. The van der Waals surface area contributed by atoms with Gasteiger partial charge < -0.3 is 0 Å². The third kappa shape index (κ3) is 3.74. The zero-order valence-electron chi connectivity index (χ0n) is 12.0. The number of benzene rings is 1. The summed E-state index contributed by atoms with van der Waals surface area (Å²) < 4.78 is 0. The van der Waals surface area contributed by atoms with Gasteiger partial charge in [0.25, 0.3) is 0 Å². The van der Waals surface area contributed by atoms with Crippen molar-refractivity contribution in [3.05, 3.63) is 34.4 Å². The van der Waals surface area contributed by atoms with Gasteiger partial charge in [0.2, 0.25) is 0 Å². The number of aryl methyl sites for hydroxylation is 2. The predicted octanol–water partition coefficient (Wildman–Crippen LogP) is 5.37. The second-order valence-corrected chi connectivity index (χ2v) is 6.32. The molecule has 0 saturated heterocycles. The molecule has 3 unspecified atom stereocenters. The number of hydrogen-bond acceptors (Lipinski definition) is 0. The average molecular weight is 253 g/mol. The number of alkyl halides is 1. The largest absolute Gasteiger partial charge is 0.123 e. The van der Waals surface area contributed by atoms with E-state index in [1.165, 1.54) is 22.3 Å². The SMILES string of the molecule is Cc1cc(C)c(C)c(C(C)C(C)CC(C)Cl)c1. The van der Waals surface area contributed by atoms with Crippen molar-refractivity contribution in [2.24, 2.45) is 5.92 Å². The van der Waals surface area contributed by atoms with E-state index in [-0.39, 0.29) is 5.38 Å². The van der Waals surface area contributed by atoms with Crippen LogP contribution in [0.5, 0.6) is 0 Å².